The zero-order valence-corrected chi connectivity index (χ0v) is 12.2. The monoisotopic (exact) mass is 270 g/mol. The first-order chi connectivity index (χ1) is 9.49. The fraction of sp³-hybridized carbons (Fsp3) is 0.250. The maximum absolute atomic E-state index is 11.9. The van der Waals surface area contributed by atoms with Gasteiger partial charge in [0.15, 0.2) is 0 Å². The third-order valence-electron chi connectivity index (χ3n) is 3.21. The average Bonchev–Trinajstić information content (AvgIpc) is 2.84. The second-order valence-electron chi connectivity index (χ2n) is 4.85. The van der Waals surface area contributed by atoms with Gasteiger partial charge in [0.1, 0.15) is 5.76 Å². The molecule has 0 fully saturated rings. The van der Waals surface area contributed by atoms with E-state index >= 15 is 0 Å². The summed E-state index contributed by atoms with van der Waals surface area (Å²) in [7, 11) is 0. The Bertz CT molecular complexity index is 669. The van der Waals surface area contributed by atoms with Crippen LogP contribution in [0.15, 0.2) is 40.0 Å². The van der Waals surface area contributed by atoms with E-state index in [9.17, 15) is 4.79 Å². The molecule has 0 spiro atoms. The van der Waals surface area contributed by atoms with E-state index in [2.05, 4.69) is 22.7 Å². The summed E-state index contributed by atoms with van der Waals surface area (Å²) < 4.78 is 5.10. The van der Waals surface area contributed by atoms with Gasteiger partial charge in [0, 0.05) is 5.56 Å². The molecule has 0 bridgehead atoms. The van der Waals surface area contributed by atoms with Crippen LogP contribution in [0.3, 0.4) is 0 Å². The number of nitrogens with zero attached hydrogens (tertiary/aromatic N) is 1. The Morgan fingerprint density at radius 1 is 1.15 bits per heavy atom. The van der Waals surface area contributed by atoms with Crippen molar-refractivity contribution in [2.75, 3.05) is 0 Å². The van der Waals surface area contributed by atoms with E-state index in [0.717, 1.165) is 22.4 Å². The normalized spacial score (nSPS) is 11.5. The molecule has 0 aliphatic carbocycles. The first-order valence-corrected chi connectivity index (χ1v) is 6.45. The van der Waals surface area contributed by atoms with Crippen molar-refractivity contribution in [2.45, 2.75) is 27.7 Å². The molecule has 1 aromatic heterocycles. The van der Waals surface area contributed by atoms with Gasteiger partial charge in [-0.05, 0) is 45.4 Å². The van der Waals surface area contributed by atoms with E-state index in [4.69, 9.17) is 4.42 Å². The lowest BCUT2D eigenvalue weighted by Crippen LogP contribution is -2.19. The van der Waals surface area contributed by atoms with Crippen molar-refractivity contribution in [3.8, 4) is 0 Å². The lowest BCUT2D eigenvalue weighted by Gasteiger charge is -2.07. The highest BCUT2D eigenvalue weighted by atomic mass is 16.3. The van der Waals surface area contributed by atoms with Crippen molar-refractivity contribution in [3.05, 3.63) is 58.5 Å². The third kappa shape index (κ3) is 2.96. The van der Waals surface area contributed by atoms with Gasteiger partial charge in [0.25, 0.3) is 5.91 Å². The molecule has 0 aliphatic rings. The predicted octanol–water partition coefficient (Wildman–Crippen LogP) is 3.36. The van der Waals surface area contributed by atoms with E-state index in [1.807, 2.05) is 26.8 Å². The Balaban J connectivity index is 2.17. The smallest absolute Gasteiger partial charge is 0.274 e. The molecular weight excluding hydrogens is 252 g/mol. The van der Waals surface area contributed by atoms with Gasteiger partial charge in [0.2, 0.25) is 0 Å². The number of hydrazone groups is 1. The molecule has 0 saturated heterocycles. The number of amides is 1. The van der Waals surface area contributed by atoms with Crippen molar-refractivity contribution in [1.82, 2.24) is 5.43 Å². The zero-order chi connectivity index (χ0) is 14.7. The summed E-state index contributed by atoms with van der Waals surface area (Å²) in [5, 5.41) is 4.17. The number of hydrogen-bond acceptors (Lipinski definition) is 3. The molecule has 4 heteroatoms. The molecule has 0 unspecified atom stereocenters. The number of furan rings is 1. The van der Waals surface area contributed by atoms with E-state index in [1.165, 1.54) is 6.26 Å². The van der Waals surface area contributed by atoms with Gasteiger partial charge in [0.05, 0.1) is 17.5 Å². The van der Waals surface area contributed by atoms with Gasteiger partial charge in [-0.3, -0.25) is 4.79 Å². The van der Waals surface area contributed by atoms with E-state index in [-0.39, 0.29) is 5.91 Å². The molecule has 0 aliphatic heterocycles. The van der Waals surface area contributed by atoms with Gasteiger partial charge >= 0.3 is 0 Å². The molecule has 0 saturated carbocycles. The van der Waals surface area contributed by atoms with Crippen LogP contribution in [0.5, 0.6) is 0 Å². The van der Waals surface area contributed by atoms with Crippen molar-refractivity contribution >= 4 is 11.6 Å². The van der Waals surface area contributed by atoms with Crippen LogP contribution >= 0.6 is 0 Å². The zero-order valence-electron chi connectivity index (χ0n) is 12.2. The molecule has 0 atom stereocenters. The molecule has 20 heavy (non-hydrogen) atoms. The molecular formula is C16H18N2O2. The van der Waals surface area contributed by atoms with Crippen LogP contribution in [0.25, 0.3) is 0 Å². The molecule has 2 aromatic rings. The highest BCUT2D eigenvalue weighted by Gasteiger charge is 2.11. The first-order valence-electron chi connectivity index (χ1n) is 6.45. The van der Waals surface area contributed by atoms with Crippen LogP contribution in [0, 0.1) is 20.8 Å². The second-order valence-corrected chi connectivity index (χ2v) is 4.85. The van der Waals surface area contributed by atoms with E-state index in [1.54, 1.807) is 13.0 Å². The lowest BCUT2D eigenvalue weighted by atomic mass is 10.0. The van der Waals surface area contributed by atoms with E-state index < -0.39 is 0 Å². The largest absolute Gasteiger partial charge is 0.469 e. The Labute approximate surface area is 118 Å². The van der Waals surface area contributed by atoms with Gasteiger partial charge in [-0.15, -0.1) is 0 Å². The maximum atomic E-state index is 11.9. The Kier molecular flexibility index (Phi) is 4.03. The number of nitrogens with one attached hydrogen (secondary N) is 1. The minimum Gasteiger partial charge on any atom is -0.469 e. The maximum Gasteiger partial charge on any atom is 0.274 e. The average molecular weight is 270 g/mol. The van der Waals surface area contributed by atoms with Gasteiger partial charge in [-0.25, -0.2) is 5.43 Å². The van der Waals surface area contributed by atoms with Crippen molar-refractivity contribution in [2.24, 2.45) is 5.10 Å². The second kappa shape index (κ2) is 5.74. The number of carbonyl (C=O) groups excluding carboxylic acids is 1. The van der Waals surface area contributed by atoms with Crippen LogP contribution in [0.1, 0.15) is 39.7 Å². The molecule has 1 amide bonds. The number of benzene rings is 1. The highest BCUT2D eigenvalue weighted by molar-refractivity contribution is 6.02. The summed E-state index contributed by atoms with van der Waals surface area (Å²) in [4.78, 5) is 11.9. The van der Waals surface area contributed by atoms with Gasteiger partial charge < -0.3 is 4.42 Å². The first kappa shape index (κ1) is 14.1. The van der Waals surface area contributed by atoms with Crippen molar-refractivity contribution in [3.63, 3.8) is 0 Å². The summed E-state index contributed by atoms with van der Waals surface area (Å²) in [5.41, 5.74) is 7.17. The van der Waals surface area contributed by atoms with Crippen LogP contribution in [-0.4, -0.2) is 11.6 Å². The van der Waals surface area contributed by atoms with Gasteiger partial charge in [-0.2, -0.15) is 5.10 Å². The van der Waals surface area contributed by atoms with Crippen LogP contribution in [0.2, 0.25) is 0 Å². The summed E-state index contributed by atoms with van der Waals surface area (Å²) >= 11 is 0. The van der Waals surface area contributed by atoms with Crippen molar-refractivity contribution in [1.29, 1.82) is 0 Å². The molecule has 1 aromatic carbocycles. The molecule has 2 rings (SSSR count). The fourth-order valence-corrected chi connectivity index (χ4v) is 2.00. The standard InChI is InChI=1S/C16H18N2O2/c1-10-5-6-11(2)15(9-10)12(3)17-18-16(19)14-7-8-20-13(14)4/h5-9H,1-4H3,(H,18,19)/b17-12-. The van der Waals surface area contributed by atoms with Gasteiger partial charge in [-0.1, -0.05) is 17.7 Å². The summed E-state index contributed by atoms with van der Waals surface area (Å²) in [6.07, 6.45) is 1.49. The van der Waals surface area contributed by atoms with Crippen molar-refractivity contribution < 1.29 is 9.21 Å². The lowest BCUT2D eigenvalue weighted by molar-refractivity contribution is 0.0953. The topological polar surface area (TPSA) is 54.6 Å². The number of aryl methyl sites for hydroxylation is 3. The molecule has 1 heterocycles. The minimum absolute atomic E-state index is 0.263. The number of rotatable bonds is 3. The molecule has 1 N–H and O–H groups in total. The summed E-state index contributed by atoms with van der Waals surface area (Å²) in [6.45, 7) is 7.68. The summed E-state index contributed by atoms with van der Waals surface area (Å²) in [5.74, 6) is 0.322. The minimum atomic E-state index is -0.263. The SMILES string of the molecule is C/C(=N/NC(=O)c1ccoc1C)c1cc(C)ccc1C. The highest BCUT2D eigenvalue weighted by Crippen LogP contribution is 2.12. The third-order valence-corrected chi connectivity index (χ3v) is 3.21. The van der Waals surface area contributed by atoms with E-state index in [0.29, 0.717) is 11.3 Å². The predicted molar refractivity (Wildman–Crippen MR) is 79.0 cm³/mol. The molecule has 0 radical (unpaired) electrons. The molecule has 104 valence electrons. The number of hydrogen-bond donors (Lipinski definition) is 1. The van der Waals surface area contributed by atoms with Crippen LogP contribution in [0.4, 0.5) is 0 Å². The Morgan fingerprint density at radius 2 is 1.90 bits per heavy atom. The van der Waals surface area contributed by atoms with Crippen LogP contribution in [-0.2, 0) is 0 Å². The quantitative estimate of drug-likeness (QED) is 0.686. The Morgan fingerprint density at radius 3 is 2.55 bits per heavy atom. The molecule has 4 nitrogen and oxygen atoms in total. The fourth-order valence-electron chi connectivity index (χ4n) is 2.00. The summed E-state index contributed by atoms with van der Waals surface area (Å²) in [6, 6.07) is 7.79. The van der Waals surface area contributed by atoms with Crippen LogP contribution < -0.4 is 5.43 Å². The Hall–Kier alpha value is -2.36. The number of carbonyl (C=O) groups is 1.